The van der Waals surface area contributed by atoms with Gasteiger partial charge in [0.2, 0.25) is 0 Å². The van der Waals surface area contributed by atoms with Crippen molar-refractivity contribution in [1.82, 2.24) is 23.9 Å². The van der Waals surface area contributed by atoms with Crippen molar-refractivity contribution in [1.29, 1.82) is 0 Å². The van der Waals surface area contributed by atoms with Gasteiger partial charge in [0.25, 0.3) is 10.2 Å². The standard InChI is InChI=1S/C31H40F3N7O3S/c1-20(42)31-30(24-17-23(32)5-6-28(24)38-31)27(35)19-40(36)18-21-7-12-39(13-8-21)16-11-37-45(43,44)41-14-9-22(10-15-41)29-25(33)3-2-4-26(29)34/h2-4,17,19-22,37-38,42H,7-16,18,35-36H2,1H3/p+1/b27-19-. The fourth-order valence-corrected chi connectivity index (χ4v) is 7.66. The number of aliphatic hydroxyl groups is 1. The Kier molecular flexibility index (Phi) is 10.4. The molecular formula is C31H41F3N7O3S+. The molecule has 244 valence electrons. The third-order valence-corrected chi connectivity index (χ3v) is 10.4. The van der Waals surface area contributed by atoms with Gasteiger partial charge in [-0.2, -0.15) is 17.1 Å². The lowest BCUT2D eigenvalue weighted by atomic mass is 9.89. The Morgan fingerprint density at radius 2 is 1.84 bits per heavy atom. The molecular weight excluding hydrogens is 607 g/mol. The monoisotopic (exact) mass is 648 g/mol. The molecule has 0 radical (unpaired) electrons. The van der Waals surface area contributed by atoms with Crippen LogP contribution >= 0.6 is 0 Å². The van der Waals surface area contributed by atoms with Crippen LogP contribution in [0.2, 0.25) is 0 Å². The third kappa shape index (κ3) is 7.81. The highest BCUT2D eigenvalue weighted by Gasteiger charge is 2.31. The summed E-state index contributed by atoms with van der Waals surface area (Å²) in [7, 11) is -3.70. The molecule has 0 bridgehead atoms. The van der Waals surface area contributed by atoms with Gasteiger partial charge in [-0.1, -0.05) is 6.07 Å². The van der Waals surface area contributed by atoms with E-state index in [-0.39, 0.29) is 31.1 Å². The van der Waals surface area contributed by atoms with Crippen molar-refractivity contribution in [3.8, 4) is 0 Å². The van der Waals surface area contributed by atoms with Crippen molar-refractivity contribution < 1.29 is 32.4 Å². The first-order valence-corrected chi connectivity index (χ1v) is 16.7. The van der Waals surface area contributed by atoms with Crippen LogP contribution in [0.1, 0.15) is 61.4 Å². The molecule has 0 spiro atoms. The van der Waals surface area contributed by atoms with E-state index in [0.29, 0.717) is 59.4 Å². The number of nitrogens with one attached hydrogen (secondary N) is 2. The van der Waals surface area contributed by atoms with Gasteiger partial charge in [-0.05, 0) is 87.2 Å². The van der Waals surface area contributed by atoms with Gasteiger partial charge in [0.15, 0.2) is 11.5 Å². The Bertz CT molecular complexity index is 1710. The van der Waals surface area contributed by atoms with Crippen LogP contribution in [0.15, 0.2) is 36.0 Å². The Balaban J connectivity index is 1.07. The number of aromatic amines is 1. The first-order valence-electron chi connectivity index (χ1n) is 15.2. The smallest absolute Gasteiger partial charge is 0.279 e. The number of aromatic nitrogens is 1. The fourth-order valence-electron chi connectivity index (χ4n) is 6.44. The number of rotatable bonds is 11. The lowest BCUT2D eigenvalue weighted by molar-refractivity contribution is -0.245. The van der Waals surface area contributed by atoms with Crippen LogP contribution in [0, 0.1) is 17.6 Å². The van der Waals surface area contributed by atoms with E-state index >= 15 is 0 Å². The van der Waals surface area contributed by atoms with E-state index in [9.17, 15) is 26.7 Å². The van der Waals surface area contributed by atoms with Crippen molar-refractivity contribution in [2.45, 2.75) is 44.6 Å². The summed E-state index contributed by atoms with van der Waals surface area (Å²) in [5.74, 6) is 4.55. The number of quaternary nitrogens is 1. The Hall–Kier alpha value is -3.16. The summed E-state index contributed by atoms with van der Waals surface area (Å²) in [4.78, 5) is 5.27. The molecule has 2 fully saturated rings. The average molecular weight is 649 g/mol. The maximum atomic E-state index is 14.2. The molecule has 45 heavy (non-hydrogen) atoms. The maximum Gasteiger partial charge on any atom is 0.279 e. The summed E-state index contributed by atoms with van der Waals surface area (Å²) < 4.78 is 72.0. The van der Waals surface area contributed by atoms with Crippen molar-refractivity contribution >= 4 is 27.7 Å². The van der Waals surface area contributed by atoms with Gasteiger partial charge in [0, 0.05) is 43.5 Å². The molecule has 2 saturated heterocycles. The summed E-state index contributed by atoms with van der Waals surface area (Å²) in [6, 6.07) is 3.79. The van der Waals surface area contributed by atoms with Crippen LogP contribution in [-0.4, -0.2) is 78.5 Å². The SMILES string of the molecule is CC(O)c1[nH]c2c(c1/C([NH3+])=C/N(N)CC1CCN(CCNS(=O)(=O)N3CCC(c4c(F)cccc4F)CC3)CC1)=CC(F)=C=C=2. The summed E-state index contributed by atoms with van der Waals surface area (Å²) in [5.41, 5.74) is 10.9. The number of halogens is 3. The molecule has 3 heterocycles. The number of likely N-dealkylation sites (tertiary alicyclic amines) is 1. The highest BCUT2D eigenvalue weighted by atomic mass is 32.2. The Labute approximate surface area is 261 Å². The molecule has 5 rings (SSSR count). The summed E-state index contributed by atoms with van der Waals surface area (Å²) in [5, 5.41) is 12.9. The van der Waals surface area contributed by atoms with E-state index in [1.165, 1.54) is 28.6 Å². The number of fused-ring (bicyclic) bond motifs is 1. The number of hydrogen-bond donors (Lipinski definition) is 5. The van der Waals surface area contributed by atoms with E-state index < -0.39 is 33.8 Å². The lowest BCUT2D eigenvalue weighted by Gasteiger charge is -2.34. The van der Waals surface area contributed by atoms with Crippen molar-refractivity contribution in [2.75, 3.05) is 45.8 Å². The molecule has 10 nitrogen and oxygen atoms in total. The number of aliphatic hydroxyl groups excluding tert-OH is 1. The van der Waals surface area contributed by atoms with Crippen LogP contribution in [0.4, 0.5) is 13.2 Å². The van der Waals surface area contributed by atoms with Gasteiger partial charge in [0.05, 0.1) is 28.9 Å². The van der Waals surface area contributed by atoms with Crippen LogP contribution in [0.5, 0.6) is 0 Å². The zero-order chi connectivity index (χ0) is 32.3. The van der Waals surface area contributed by atoms with Crippen molar-refractivity contribution in [3.05, 3.63) is 75.0 Å². The second-order valence-electron chi connectivity index (χ2n) is 12.0. The summed E-state index contributed by atoms with van der Waals surface area (Å²) >= 11 is 0. The third-order valence-electron chi connectivity index (χ3n) is 8.80. The molecule has 3 aliphatic rings. The maximum absolute atomic E-state index is 14.2. The Morgan fingerprint density at radius 3 is 2.49 bits per heavy atom. The summed E-state index contributed by atoms with van der Waals surface area (Å²) in [6.45, 7) is 5.00. The van der Waals surface area contributed by atoms with Crippen LogP contribution in [0.25, 0.3) is 17.5 Å². The highest BCUT2D eigenvalue weighted by Crippen LogP contribution is 2.32. The zero-order valence-corrected chi connectivity index (χ0v) is 26.1. The molecule has 1 unspecified atom stereocenters. The van der Waals surface area contributed by atoms with Gasteiger partial charge >= 0.3 is 0 Å². The molecule has 2 aliphatic heterocycles. The van der Waals surface area contributed by atoms with Crippen molar-refractivity contribution in [2.24, 2.45) is 11.8 Å². The molecule has 14 heteroatoms. The number of allylic oxidation sites excluding steroid dienone is 1. The normalized spacial score (nSPS) is 19.5. The van der Waals surface area contributed by atoms with E-state index in [1.54, 1.807) is 18.1 Å². The minimum atomic E-state index is -3.70. The van der Waals surface area contributed by atoms with Gasteiger partial charge in [0.1, 0.15) is 11.6 Å². The second kappa shape index (κ2) is 14.1. The van der Waals surface area contributed by atoms with E-state index in [1.807, 2.05) is 0 Å². The lowest BCUT2D eigenvalue weighted by Crippen LogP contribution is -2.50. The quantitative estimate of drug-likeness (QED) is 0.138. The summed E-state index contributed by atoms with van der Waals surface area (Å²) in [6.07, 6.45) is 4.66. The van der Waals surface area contributed by atoms with Gasteiger partial charge < -0.3 is 25.7 Å². The molecule has 0 saturated carbocycles. The van der Waals surface area contributed by atoms with Crippen LogP contribution in [0.3, 0.4) is 0 Å². The zero-order valence-electron chi connectivity index (χ0n) is 25.3. The van der Waals surface area contributed by atoms with E-state index in [2.05, 4.69) is 31.8 Å². The minimum Gasteiger partial charge on any atom is -0.387 e. The number of nitrogens with two attached hydrogens (primary N) is 1. The average Bonchev–Trinajstić information content (AvgIpc) is 3.37. The number of H-pyrrole nitrogens is 1. The van der Waals surface area contributed by atoms with E-state index in [4.69, 9.17) is 5.84 Å². The van der Waals surface area contributed by atoms with E-state index in [0.717, 1.165) is 25.9 Å². The predicted molar refractivity (Wildman–Crippen MR) is 164 cm³/mol. The molecule has 8 N–H and O–H groups in total. The molecule has 1 aromatic carbocycles. The second-order valence-corrected chi connectivity index (χ2v) is 13.7. The predicted octanol–water partition coefficient (Wildman–Crippen LogP) is 0.670. The number of hydrogen-bond acceptors (Lipinski definition) is 6. The van der Waals surface area contributed by atoms with Gasteiger partial charge in [-0.15, -0.1) is 0 Å². The largest absolute Gasteiger partial charge is 0.387 e. The van der Waals surface area contributed by atoms with Gasteiger partial charge in [-0.25, -0.2) is 19.3 Å². The molecule has 1 aliphatic carbocycles. The van der Waals surface area contributed by atoms with Crippen LogP contribution < -0.4 is 26.9 Å². The fraction of sp³-hybridized carbons (Fsp3) is 0.484. The highest BCUT2D eigenvalue weighted by molar-refractivity contribution is 7.87. The first kappa shape index (κ1) is 33.2. The first-order chi connectivity index (χ1) is 21.4. The topological polar surface area (TPSA) is 146 Å². The number of hydrazine groups is 1. The molecule has 1 aromatic heterocycles. The minimum absolute atomic E-state index is 0.0422. The molecule has 1 atom stereocenters. The van der Waals surface area contributed by atoms with Crippen molar-refractivity contribution in [3.63, 3.8) is 0 Å². The molecule has 2 aromatic rings. The van der Waals surface area contributed by atoms with Crippen LogP contribution in [-0.2, 0) is 10.2 Å². The Morgan fingerprint density at radius 1 is 1.18 bits per heavy atom. The van der Waals surface area contributed by atoms with Gasteiger partial charge in [-0.3, -0.25) is 0 Å². The molecule has 0 amide bonds. The number of piperidine rings is 2. The number of benzene rings is 1. The number of nitrogens with zero attached hydrogens (tertiary/aromatic N) is 3.